The summed E-state index contributed by atoms with van der Waals surface area (Å²) in [5.74, 6) is 0.266. The summed E-state index contributed by atoms with van der Waals surface area (Å²) in [5, 5.41) is 0. The van der Waals surface area contributed by atoms with E-state index >= 15 is 0 Å². The monoisotopic (exact) mass is 263 g/mol. The van der Waals surface area contributed by atoms with Gasteiger partial charge in [0.2, 0.25) is 0 Å². The lowest BCUT2D eigenvalue weighted by Gasteiger charge is -2.07. The fourth-order valence-corrected chi connectivity index (χ4v) is 2.47. The molecule has 0 aliphatic rings. The van der Waals surface area contributed by atoms with Crippen molar-refractivity contribution in [1.29, 1.82) is 0 Å². The maximum atomic E-state index is 12.0. The van der Waals surface area contributed by atoms with Crippen molar-refractivity contribution in [3.05, 3.63) is 54.2 Å². The van der Waals surface area contributed by atoms with Crippen LogP contribution in [0.3, 0.4) is 0 Å². The number of nitrogens with zero attached hydrogens (tertiary/aromatic N) is 1. The van der Waals surface area contributed by atoms with Gasteiger partial charge >= 0.3 is 0 Å². The van der Waals surface area contributed by atoms with Gasteiger partial charge in [0.1, 0.15) is 5.82 Å². The second-order valence-corrected chi connectivity index (χ2v) is 5.32. The fourth-order valence-electron chi connectivity index (χ4n) is 1.45. The summed E-state index contributed by atoms with van der Waals surface area (Å²) in [4.78, 5) is 4.29. The van der Waals surface area contributed by atoms with Crippen LogP contribution in [0.2, 0.25) is 0 Å². The molecule has 2 rings (SSSR count). The minimum Gasteiger partial charge on any atom is -0.325 e. The van der Waals surface area contributed by atoms with Crippen LogP contribution in [0.15, 0.2) is 53.4 Å². The smallest absolute Gasteiger partial charge is 0.263 e. The number of pyridine rings is 1. The maximum Gasteiger partial charge on any atom is 0.263 e. The summed E-state index contributed by atoms with van der Waals surface area (Å²) in [7, 11) is -3.59. The van der Waals surface area contributed by atoms with E-state index in [0.717, 1.165) is 0 Å². The predicted octanol–water partition coefficient (Wildman–Crippen LogP) is 1.34. The Labute approximate surface area is 106 Å². The molecule has 0 saturated heterocycles. The van der Waals surface area contributed by atoms with Gasteiger partial charge in [-0.3, -0.25) is 4.72 Å². The molecule has 3 N–H and O–H groups in total. The van der Waals surface area contributed by atoms with Crippen LogP contribution in [0, 0.1) is 0 Å². The second kappa shape index (κ2) is 5.16. The second-order valence-electron chi connectivity index (χ2n) is 3.64. The van der Waals surface area contributed by atoms with Gasteiger partial charge in [0.05, 0.1) is 10.6 Å². The van der Waals surface area contributed by atoms with Gasteiger partial charge in [-0.2, -0.15) is 0 Å². The quantitative estimate of drug-likeness (QED) is 0.871. The zero-order valence-corrected chi connectivity index (χ0v) is 10.4. The number of aromatic nitrogens is 1. The van der Waals surface area contributed by atoms with Crippen LogP contribution < -0.4 is 10.5 Å². The SMILES string of the molecule is NCc1cccc(NS(=O)(=O)c2ccccc2)n1. The lowest BCUT2D eigenvalue weighted by Crippen LogP contribution is -2.14. The first-order valence-corrected chi connectivity index (χ1v) is 6.84. The van der Waals surface area contributed by atoms with E-state index in [2.05, 4.69) is 9.71 Å². The number of sulfonamides is 1. The summed E-state index contributed by atoms with van der Waals surface area (Å²) in [6.07, 6.45) is 0. The molecule has 0 aliphatic heterocycles. The van der Waals surface area contributed by atoms with Crippen LogP contribution in [0.5, 0.6) is 0 Å². The number of benzene rings is 1. The van der Waals surface area contributed by atoms with Crippen molar-refractivity contribution in [2.45, 2.75) is 11.4 Å². The van der Waals surface area contributed by atoms with E-state index in [1.807, 2.05) is 0 Å². The van der Waals surface area contributed by atoms with E-state index in [1.165, 1.54) is 12.1 Å². The van der Waals surface area contributed by atoms with Crippen molar-refractivity contribution in [1.82, 2.24) is 4.98 Å². The van der Waals surface area contributed by atoms with Gasteiger partial charge in [-0.25, -0.2) is 13.4 Å². The van der Waals surface area contributed by atoms with Crippen molar-refractivity contribution >= 4 is 15.8 Å². The van der Waals surface area contributed by atoms with E-state index in [4.69, 9.17) is 5.73 Å². The lowest BCUT2D eigenvalue weighted by molar-refractivity contribution is 0.601. The zero-order valence-electron chi connectivity index (χ0n) is 9.58. The van der Waals surface area contributed by atoms with Crippen molar-refractivity contribution in [3.63, 3.8) is 0 Å². The molecule has 1 heterocycles. The molecule has 0 bridgehead atoms. The summed E-state index contributed by atoms with van der Waals surface area (Å²) in [5.41, 5.74) is 6.08. The highest BCUT2D eigenvalue weighted by Crippen LogP contribution is 2.13. The van der Waals surface area contributed by atoms with E-state index in [9.17, 15) is 8.42 Å². The molecule has 0 saturated carbocycles. The maximum absolute atomic E-state index is 12.0. The van der Waals surface area contributed by atoms with Gasteiger partial charge in [0, 0.05) is 6.54 Å². The van der Waals surface area contributed by atoms with Crippen LogP contribution in [-0.2, 0) is 16.6 Å². The van der Waals surface area contributed by atoms with Gasteiger partial charge in [-0.15, -0.1) is 0 Å². The minimum atomic E-state index is -3.59. The van der Waals surface area contributed by atoms with Crippen LogP contribution in [-0.4, -0.2) is 13.4 Å². The van der Waals surface area contributed by atoms with E-state index in [-0.39, 0.29) is 17.3 Å². The van der Waals surface area contributed by atoms with Gasteiger partial charge in [0.15, 0.2) is 0 Å². The normalized spacial score (nSPS) is 11.2. The molecule has 1 aromatic heterocycles. The molecular weight excluding hydrogens is 250 g/mol. The average Bonchev–Trinajstić information content (AvgIpc) is 2.39. The van der Waals surface area contributed by atoms with Crippen LogP contribution in [0.25, 0.3) is 0 Å². The summed E-state index contributed by atoms with van der Waals surface area (Å²) < 4.78 is 26.5. The van der Waals surface area contributed by atoms with Gasteiger partial charge in [-0.1, -0.05) is 24.3 Å². The Morgan fingerprint density at radius 2 is 1.78 bits per heavy atom. The Hall–Kier alpha value is -1.92. The zero-order chi connectivity index (χ0) is 13.0. The Kier molecular flexibility index (Phi) is 3.59. The molecule has 0 unspecified atom stereocenters. The molecule has 0 aliphatic carbocycles. The number of hydrogen-bond donors (Lipinski definition) is 2. The molecule has 1 aromatic carbocycles. The fraction of sp³-hybridized carbons (Fsp3) is 0.0833. The molecule has 0 spiro atoms. The van der Waals surface area contributed by atoms with Crippen molar-refractivity contribution in [3.8, 4) is 0 Å². The Morgan fingerprint density at radius 1 is 1.06 bits per heavy atom. The molecule has 18 heavy (non-hydrogen) atoms. The van der Waals surface area contributed by atoms with Crippen molar-refractivity contribution in [2.75, 3.05) is 4.72 Å². The first kappa shape index (κ1) is 12.5. The average molecular weight is 263 g/mol. The Morgan fingerprint density at radius 3 is 2.44 bits per heavy atom. The molecule has 0 amide bonds. The largest absolute Gasteiger partial charge is 0.325 e. The highest BCUT2D eigenvalue weighted by atomic mass is 32.2. The molecular formula is C12H13N3O2S. The van der Waals surface area contributed by atoms with Crippen LogP contribution in [0.4, 0.5) is 5.82 Å². The number of nitrogens with one attached hydrogen (secondary N) is 1. The third-order valence-corrected chi connectivity index (χ3v) is 3.68. The van der Waals surface area contributed by atoms with Crippen LogP contribution >= 0.6 is 0 Å². The van der Waals surface area contributed by atoms with Crippen LogP contribution in [0.1, 0.15) is 5.69 Å². The Bertz CT molecular complexity index is 627. The highest BCUT2D eigenvalue weighted by molar-refractivity contribution is 7.92. The van der Waals surface area contributed by atoms with Gasteiger partial charge < -0.3 is 5.73 Å². The lowest BCUT2D eigenvalue weighted by atomic mass is 10.3. The van der Waals surface area contributed by atoms with E-state index in [0.29, 0.717) is 5.69 Å². The summed E-state index contributed by atoms with van der Waals surface area (Å²) in [6.45, 7) is 0.265. The third-order valence-electron chi connectivity index (χ3n) is 2.31. The predicted molar refractivity (Wildman–Crippen MR) is 69.4 cm³/mol. The molecule has 2 aromatic rings. The molecule has 6 heteroatoms. The summed E-state index contributed by atoms with van der Waals surface area (Å²) >= 11 is 0. The first-order valence-electron chi connectivity index (χ1n) is 5.36. The highest BCUT2D eigenvalue weighted by Gasteiger charge is 2.13. The number of hydrogen-bond acceptors (Lipinski definition) is 4. The van der Waals surface area contributed by atoms with Gasteiger partial charge in [-0.05, 0) is 24.3 Å². The van der Waals surface area contributed by atoms with Crippen molar-refractivity contribution in [2.24, 2.45) is 5.73 Å². The van der Waals surface area contributed by atoms with E-state index in [1.54, 1.807) is 36.4 Å². The Balaban J connectivity index is 2.28. The standard InChI is InChI=1S/C12H13N3O2S/c13-9-10-5-4-8-12(14-10)15-18(16,17)11-6-2-1-3-7-11/h1-8H,9,13H2,(H,14,15). The molecule has 5 nitrogen and oxygen atoms in total. The van der Waals surface area contributed by atoms with E-state index < -0.39 is 10.0 Å². The first-order chi connectivity index (χ1) is 8.62. The molecule has 0 fully saturated rings. The number of nitrogens with two attached hydrogens (primary N) is 1. The number of anilines is 1. The summed E-state index contributed by atoms with van der Waals surface area (Å²) in [6, 6.07) is 13.2. The molecule has 0 atom stereocenters. The third kappa shape index (κ3) is 2.85. The molecule has 94 valence electrons. The number of rotatable bonds is 4. The topological polar surface area (TPSA) is 85.1 Å². The van der Waals surface area contributed by atoms with Gasteiger partial charge in [0.25, 0.3) is 10.0 Å². The van der Waals surface area contributed by atoms with Crippen molar-refractivity contribution < 1.29 is 8.42 Å². The minimum absolute atomic E-state index is 0.199. The molecule has 0 radical (unpaired) electrons.